The van der Waals surface area contributed by atoms with Crippen LogP contribution in [0.1, 0.15) is 5.82 Å². The molecule has 0 spiro atoms. The highest BCUT2D eigenvalue weighted by Crippen LogP contribution is 2.23. The first-order valence-electron chi connectivity index (χ1n) is 7.96. The third-order valence-electron chi connectivity index (χ3n) is 3.51. The van der Waals surface area contributed by atoms with Crippen molar-refractivity contribution in [2.75, 3.05) is 11.1 Å². The lowest BCUT2D eigenvalue weighted by molar-refractivity contribution is -0.113. The van der Waals surface area contributed by atoms with E-state index in [-0.39, 0.29) is 11.7 Å². The van der Waals surface area contributed by atoms with Gasteiger partial charge in [0.25, 0.3) is 0 Å². The van der Waals surface area contributed by atoms with Gasteiger partial charge in [-0.05, 0) is 30.3 Å². The number of nitrogens with one attached hydrogen (secondary N) is 1. The number of halogens is 2. The first-order chi connectivity index (χ1) is 13.0. The van der Waals surface area contributed by atoms with Crippen molar-refractivity contribution in [3.05, 3.63) is 64.4 Å². The van der Waals surface area contributed by atoms with Crippen molar-refractivity contribution in [2.45, 2.75) is 11.8 Å². The molecule has 0 saturated heterocycles. The summed E-state index contributed by atoms with van der Waals surface area (Å²) < 4.78 is 7.48. The van der Waals surface area contributed by atoms with Crippen molar-refractivity contribution in [1.82, 2.24) is 14.8 Å². The molecule has 0 aliphatic rings. The summed E-state index contributed by atoms with van der Waals surface area (Å²) in [6.45, 7) is 0.293. The van der Waals surface area contributed by atoms with Crippen LogP contribution in [0, 0.1) is 0 Å². The average Bonchev–Trinajstić information content (AvgIpc) is 2.98. The van der Waals surface area contributed by atoms with Crippen molar-refractivity contribution in [2.24, 2.45) is 7.05 Å². The second kappa shape index (κ2) is 9.12. The molecule has 0 saturated carbocycles. The Morgan fingerprint density at radius 3 is 2.56 bits per heavy atom. The predicted octanol–water partition coefficient (Wildman–Crippen LogP) is 4.43. The maximum atomic E-state index is 12.1. The Hall–Kier alpha value is -2.22. The predicted molar refractivity (Wildman–Crippen MR) is 108 cm³/mol. The fraction of sp³-hybridized carbons (Fsp3) is 0.167. The van der Waals surface area contributed by atoms with Crippen molar-refractivity contribution >= 4 is 46.6 Å². The summed E-state index contributed by atoms with van der Waals surface area (Å²) in [7, 11) is 1.83. The van der Waals surface area contributed by atoms with E-state index in [1.165, 1.54) is 11.8 Å². The number of anilines is 1. The molecule has 27 heavy (non-hydrogen) atoms. The Morgan fingerprint density at radius 2 is 1.85 bits per heavy atom. The number of amides is 1. The van der Waals surface area contributed by atoms with E-state index in [9.17, 15) is 4.79 Å². The van der Waals surface area contributed by atoms with Crippen LogP contribution in [-0.2, 0) is 18.4 Å². The Morgan fingerprint density at radius 1 is 1.15 bits per heavy atom. The van der Waals surface area contributed by atoms with Crippen molar-refractivity contribution in [3.63, 3.8) is 0 Å². The van der Waals surface area contributed by atoms with Gasteiger partial charge in [0.05, 0.1) is 5.75 Å². The molecular formula is C18H16Cl2N4O2S. The first kappa shape index (κ1) is 19.5. The molecule has 0 fully saturated rings. The number of carbonyl (C=O) groups excluding carboxylic acids is 1. The minimum Gasteiger partial charge on any atom is -0.486 e. The molecule has 3 rings (SSSR count). The molecule has 140 valence electrons. The van der Waals surface area contributed by atoms with Crippen LogP contribution in [0.2, 0.25) is 10.0 Å². The zero-order valence-electron chi connectivity index (χ0n) is 14.4. The topological polar surface area (TPSA) is 69.0 Å². The molecule has 1 aromatic heterocycles. The molecule has 6 nitrogen and oxygen atoms in total. The monoisotopic (exact) mass is 422 g/mol. The number of aromatic nitrogens is 3. The zero-order valence-corrected chi connectivity index (χ0v) is 16.7. The van der Waals surface area contributed by atoms with Crippen LogP contribution in [0.4, 0.5) is 5.69 Å². The molecule has 0 unspecified atom stereocenters. The molecule has 3 aromatic rings. The van der Waals surface area contributed by atoms with Crippen LogP contribution in [0.25, 0.3) is 0 Å². The van der Waals surface area contributed by atoms with Crippen molar-refractivity contribution in [3.8, 4) is 5.75 Å². The molecule has 1 amide bonds. The lowest BCUT2D eigenvalue weighted by Gasteiger charge is -2.07. The van der Waals surface area contributed by atoms with Gasteiger partial charge in [-0.25, -0.2) is 0 Å². The third kappa shape index (κ3) is 5.63. The van der Waals surface area contributed by atoms with Gasteiger partial charge in [0.1, 0.15) is 12.4 Å². The second-order valence-electron chi connectivity index (χ2n) is 5.55. The normalized spacial score (nSPS) is 10.6. The van der Waals surface area contributed by atoms with Gasteiger partial charge in [-0.2, -0.15) is 0 Å². The summed E-state index contributed by atoms with van der Waals surface area (Å²) >= 11 is 13.1. The van der Waals surface area contributed by atoms with Crippen LogP contribution in [-0.4, -0.2) is 26.4 Å². The zero-order chi connectivity index (χ0) is 19.2. The number of hydrogen-bond donors (Lipinski definition) is 1. The van der Waals surface area contributed by atoms with E-state index in [1.54, 1.807) is 22.8 Å². The maximum Gasteiger partial charge on any atom is 0.234 e. The summed E-state index contributed by atoms with van der Waals surface area (Å²) in [4.78, 5) is 12.1. The van der Waals surface area contributed by atoms with Crippen LogP contribution < -0.4 is 10.1 Å². The number of hydrogen-bond acceptors (Lipinski definition) is 5. The SMILES string of the molecule is Cn1c(COc2ccccc2)nnc1SCC(=O)Nc1cc(Cl)cc(Cl)c1. The fourth-order valence-corrected chi connectivity index (χ4v) is 3.47. The van der Waals surface area contributed by atoms with E-state index in [1.807, 2.05) is 37.4 Å². The Balaban J connectivity index is 1.53. The van der Waals surface area contributed by atoms with Crippen LogP contribution in [0.3, 0.4) is 0 Å². The summed E-state index contributed by atoms with van der Waals surface area (Å²) in [5.74, 6) is 1.41. The highest BCUT2D eigenvalue weighted by atomic mass is 35.5. The van der Waals surface area contributed by atoms with E-state index in [0.29, 0.717) is 33.3 Å². The number of ether oxygens (including phenoxy) is 1. The molecule has 0 aliphatic heterocycles. The molecule has 0 bridgehead atoms. The number of benzene rings is 2. The molecule has 1 heterocycles. The van der Waals surface area contributed by atoms with Gasteiger partial charge in [0, 0.05) is 22.8 Å². The molecule has 1 N–H and O–H groups in total. The maximum absolute atomic E-state index is 12.1. The molecular weight excluding hydrogens is 407 g/mol. The Bertz CT molecular complexity index is 914. The van der Waals surface area contributed by atoms with E-state index in [4.69, 9.17) is 27.9 Å². The third-order valence-corrected chi connectivity index (χ3v) is 4.97. The van der Waals surface area contributed by atoms with Crippen LogP contribution in [0.15, 0.2) is 53.7 Å². The molecule has 9 heteroatoms. The van der Waals surface area contributed by atoms with Crippen LogP contribution in [0.5, 0.6) is 5.75 Å². The number of thioether (sulfide) groups is 1. The Labute approximate surface area is 170 Å². The number of rotatable bonds is 7. The highest BCUT2D eigenvalue weighted by Gasteiger charge is 2.12. The second-order valence-corrected chi connectivity index (χ2v) is 7.37. The minimum absolute atomic E-state index is 0.176. The molecule has 0 atom stereocenters. The Kier molecular flexibility index (Phi) is 6.60. The van der Waals surface area contributed by atoms with E-state index in [0.717, 1.165) is 5.75 Å². The highest BCUT2D eigenvalue weighted by molar-refractivity contribution is 7.99. The first-order valence-corrected chi connectivity index (χ1v) is 9.70. The van der Waals surface area contributed by atoms with Crippen LogP contribution >= 0.6 is 35.0 Å². The van der Waals surface area contributed by atoms with E-state index in [2.05, 4.69) is 15.5 Å². The molecule has 0 radical (unpaired) electrons. The van der Waals surface area contributed by atoms with Crippen molar-refractivity contribution < 1.29 is 9.53 Å². The number of para-hydroxylation sites is 1. The largest absolute Gasteiger partial charge is 0.486 e. The standard InChI is InChI=1S/C18H16Cl2N4O2S/c1-24-16(10-26-15-5-3-2-4-6-15)22-23-18(24)27-11-17(25)21-14-8-12(19)7-13(20)9-14/h2-9H,10-11H2,1H3,(H,21,25). The number of carbonyl (C=O) groups is 1. The lowest BCUT2D eigenvalue weighted by Crippen LogP contribution is -2.14. The smallest absolute Gasteiger partial charge is 0.234 e. The minimum atomic E-state index is -0.191. The molecule has 0 aliphatic carbocycles. The quantitative estimate of drug-likeness (QED) is 0.570. The molecule has 2 aromatic carbocycles. The van der Waals surface area contributed by atoms with Gasteiger partial charge in [-0.15, -0.1) is 10.2 Å². The average molecular weight is 423 g/mol. The van der Waals surface area contributed by atoms with Gasteiger partial charge in [-0.1, -0.05) is 53.2 Å². The van der Waals surface area contributed by atoms with Gasteiger partial charge in [0.15, 0.2) is 11.0 Å². The summed E-state index contributed by atoms with van der Waals surface area (Å²) in [6, 6.07) is 14.3. The van der Waals surface area contributed by atoms with Crippen molar-refractivity contribution in [1.29, 1.82) is 0 Å². The van der Waals surface area contributed by atoms with E-state index < -0.39 is 0 Å². The summed E-state index contributed by atoms with van der Waals surface area (Å²) in [5, 5.41) is 12.5. The van der Waals surface area contributed by atoms with Gasteiger partial charge < -0.3 is 14.6 Å². The lowest BCUT2D eigenvalue weighted by atomic mass is 10.3. The van der Waals surface area contributed by atoms with Gasteiger partial charge in [0.2, 0.25) is 5.91 Å². The van der Waals surface area contributed by atoms with Gasteiger partial charge >= 0.3 is 0 Å². The fourth-order valence-electron chi connectivity index (χ4n) is 2.21. The number of nitrogens with zero attached hydrogens (tertiary/aromatic N) is 3. The van der Waals surface area contributed by atoms with E-state index >= 15 is 0 Å². The summed E-state index contributed by atoms with van der Waals surface area (Å²) in [6.07, 6.45) is 0. The van der Waals surface area contributed by atoms with Gasteiger partial charge in [-0.3, -0.25) is 4.79 Å². The summed E-state index contributed by atoms with van der Waals surface area (Å²) in [5.41, 5.74) is 0.549.